The third-order valence-corrected chi connectivity index (χ3v) is 4.16. The molecule has 1 aromatic rings. The Labute approximate surface area is 113 Å². The Hall–Kier alpha value is -1.58. The second-order valence-electron chi connectivity index (χ2n) is 5.50. The van der Waals surface area contributed by atoms with E-state index in [0.717, 1.165) is 32.2 Å². The number of amides is 1. The third-order valence-electron chi connectivity index (χ3n) is 4.16. The summed E-state index contributed by atoms with van der Waals surface area (Å²) in [5.41, 5.74) is 2.51. The van der Waals surface area contributed by atoms with Gasteiger partial charge in [0.1, 0.15) is 0 Å². The number of hydrogen-bond acceptors (Lipinski definition) is 2. The van der Waals surface area contributed by atoms with Crippen LogP contribution in [0.25, 0.3) is 0 Å². The van der Waals surface area contributed by atoms with Gasteiger partial charge in [0.25, 0.3) is 0 Å². The molecular formula is C15H21N3O. The number of nitrogens with one attached hydrogen (secondary N) is 1. The monoisotopic (exact) mass is 259 g/mol. The molecule has 102 valence electrons. The van der Waals surface area contributed by atoms with E-state index < -0.39 is 0 Å². The van der Waals surface area contributed by atoms with Crippen molar-refractivity contribution in [2.24, 2.45) is 5.92 Å². The SMILES string of the molecule is O=C(NCc1cnn2c1CCCC2)[C@@H]1CC=CCC1. The van der Waals surface area contributed by atoms with Gasteiger partial charge in [-0.05, 0) is 38.5 Å². The number of nitrogens with zero attached hydrogens (tertiary/aromatic N) is 2. The molecule has 0 fully saturated rings. The Balaban J connectivity index is 1.58. The molecule has 2 aliphatic rings. The van der Waals surface area contributed by atoms with Crippen molar-refractivity contribution in [3.8, 4) is 0 Å². The number of fused-ring (bicyclic) bond motifs is 1. The van der Waals surface area contributed by atoms with Gasteiger partial charge in [-0.25, -0.2) is 0 Å². The molecule has 0 aromatic carbocycles. The highest BCUT2D eigenvalue weighted by Crippen LogP contribution is 2.20. The van der Waals surface area contributed by atoms with Crippen molar-refractivity contribution in [3.63, 3.8) is 0 Å². The lowest BCUT2D eigenvalue weighted by atomic mass is 9.93. The van der Waals surface area contributed by atoms with E-state index in [-0.39, 0.29) is 11.8 Å². The molecule has 0 saturated carbocycles. The zero-order valence-electron chi connectivity index (χ0n) is 11.3. The molecule has 1 amide bonds. The number of aryl methyl sites for hydroxylation is 1. The summed E-state index contributed by atoms with van der Waals surface area (Å²) >= 11 is 0. The van der Waals surface area contributed by atoms with Crippen molar-refractivity contribution >= 4 is 5.91 Å². The second-order valence-corrected chi connectivity index (χ2v) is 5.50. The van der Waals surface area contributed by atoms with E-state index in [1.165, 1.54) is 24.1 Å². The molecule has 1 aliphatic carbocycles. The van der Waals surface area contributed by atoms with Crippen molar-refractivity contribution < 1.29 is 4.79 Å². The van der Waals surface area contributed by atoms with Crippen LogP contribution in [0, 0.1) is 5.92 Å². The van der Waals surface area contributed by atoms with Crippen LogP contribution in [0.5, 0.6) is 0 Å². The van der Waals surface area contributed by atoms with Crippen LogP contribution in [0.4, 0.5) is 0 Å². The van der Waals surface area contributed by atoms with E-state index in [4.69, 9.17) is 0 Å². The van der Waals surface area contributed by atoms with Crippen LogP contribution in [0.2, 0.25) is 0 Å². The van der Waals surface area contributed by atoms with Gasteiger partial charge in [0, 0.05) is 30.3 Å². The normalized spacial score (nSPS) is 22.0. The summed E-state index contributed by atoms with van der Waals surface area (Å²) in [6, 6.07) is 0. The highest BCUT2D eigenvalue weighted by Gasteiger charge is 2.20. The van der Waals surface area contributed by atoms with Crippen LogP contribution in [-0.4, -0.2) is 15.7 Å². The fraction of sp³-hybridized carbons (Fsp3) is 0.600. The van der Waals surface area contributed by atoms with E-state index >= 15 is 0 Å². The molecule has 19 heavy (non-hydrogen) atoms. The van der Waals surface area contributed by atoms with Crippen molar-refractivity contribution in [3.05, 3.63) is 29.6 Å². The van der Waals surface area contributed by atoms with Crippen LogP contribution in [0.1, 0.15) is 43.4 Å². The number of aromatic nitrogens is 2. The molecule has 4 heteroatoms. The lowest BCUT2D eigenvalue weighted by Crippen LogP contribution is -2.31. The average molecular weight is 259 g/mol. The predicted octanol–water partition coefficient (Wildman–Crippen LogP) is 2.19. The third kappa shape index (κ3) is 2.72. The summed E-state index contributed by atoms with van der Waals surface area (Å²) in [5.74, 6) is 0.358. The number of allylic oxidation sites excluding steroid dienone is 2. The molecule has 1 atom stereocenters. The molecule has 1 aliphatic heterocycles. The summed E-state index contributed by atoms with van der Waals surface area (Å²) in [5, 5.41) is 7.48. The van der Waals surface area contributed by atoms with Gasteiger partial charge in [-0.3, -0.25) is 9.48 Å². The van der Waals surface area contributed by atoms with Crippen molar-refractivity contribution in [2.75, 3.05) is 0 Å². The zero-order valence-corrected chi connectivity index (χ0v) is 11.3. The van der Waals surface area contributed by atoms with Crippen LogP contribution in [0.15, 0.2) is 18.3 Å². The minimum Gasteiger partial charge on any atom is -0.352 e. The molecule has 0 spiro atoms. The van der Waals surface area contributed by atoms with Gasteiger partial charge >= 0.3 is 0 Å². The van der Waals surface area contributed by atoms with Gasteiger partial charge in [0.2, 0.25) is 5.91 Å². The smallest absolute Gasteiger partial charge is 0.223 e. The first kappa shape index (κ1) is 12.5. The first-order valence-electron chi connectivity index (χ1n) is 7.31. The second kappa shape index (κ2) is 5.59. The van der Waals surface area contributed by atoms with E-state index in [2.05, 4.69) is 27.2 Å². The molecule has 0 unspecified atom stereocenters. The summed E-state index contributed by atoms with van der Waals surface area (Å²) < 4.78 is 2.09. The summed E-state index contributed by atoms with van der Waals surface area (Å²) in [6.45, 7) is 1.66. The van der Waals surface area contributed by atoms with Gasteiger partial charge in [0.15, 0.2) is 0 Å². The maximum Gasteiger partial charge on any atom is 0.223 e. The summed E-state index contributed by atoms with van der Waals surface area (Å²) in [6.07, 6.45) is 12.6. The molecule has 1 aromatic heterocycles. The fourth-order valence-corrected chi connectivity index (χ4v) is 2.99. The zero-order chi connectivity index (χ0) is 13.1. The van der Waals surface area contributed by atoms with Gasteiger partial charge in [0.05, 0.1) is 6.20 Å². The Morgan fingerprint density at radius 3 is 3.21 bits per heavy atom. The van der Waals surface area contributed by atoms with Crippen LogP contribution in [-0.2, 0) is 24.3 Å². The van der Waals surface area contributed by atoms with Gasteiger partial charge in [-0.2, -0.15) is 5.10 Å². The van der Waals surface area contributed by atoms with Crippen molar-refractivity contribution in [2.45, 2.75) is 51.6 Å². The molecule has 2 heterocycles. The average Bonchev–Trinajstić information content (AvgIpc) is 2.89. The Kier molecular flexibility index (Phi) is 3.67. The highest BCUT2D eigenvalue weighted by molar-refractivity contribution is 5.78. The molecule has 4 nitrogen and oxygen atoms in total. The molecular weight excluding hydrogens is 238 g/mol. The maximum absolute atomic E-state index is 12.1. The number of carbonyl (C=O) groups excluding carboxylic acids is 1. The van der Waals surface area contributed by atoms with Gasteiger partial charge < -0.3 is 5.32 Å². The lowest BCUT2D eigenvalue weighted by Gasteiger charge is -2.18. The Morgan fingerprint density at radius 2 is 2.37 bits per heavy atom. The van der Waals surface area contributed by atoms with E-state index in [0.29, 0.717) is 6.54 Å². The first-order chi connectivity index (χ1) is 9.34. The van der Waals surface area contributed by atoms with E-state index in [9.17, 15) is 4.79 Å². The predicted molar refractivity (Wildman–Crippen MR) is 73.5 cm³/mol. The largest absolute Gasteiger partial charge is 0.352 e. The minimum atomic E-state index is 0.163. The molecule has 3 rings (SSSR count). The van der Waals surface area contributed by atoms with Gasteiger partial charge in [-0.15, -0.1) is 0 Å². The minimum absolute atomic E-state index is 0.163. The number of rotatable bonds is 3. The van der Waals surface area contributed by atoms with Crippen LogP contribution in [0.3, 0.4) is 0 Å². The quantitative estimate of drug-likeness (QED) is 0.846. The Morgan fingerprint density at radius 1 is 1.42 bits per heavy atom. The standard InChI is InChI=1S/C15H21N3O/c19-15(12-6-2-1-3-7-12)16-10-13-11-17-18-9-5-4-8-14(13)18/h1-2,11-12H,3-10H2,(H,16,19)/t12-/m1/s1. The van der Waals surface area contributed by atoms with Gasteiger partial charge in [-0.1, -0.05) is 12.2 Å². The topological polar surface area (TPSA) is 46.9 Å². The molecule has 0 bridgehead atoms. The van der Waals surface area contributed by atoms with E-state index in [1.54, 1.807) is 0 Å². The fourth-order valence-electron chi connectivity index (χ4n) is 2.99. The van der Waals surface area contributed by atoms with Crippen molar-refractivity contribution in [1.82, 2.24) is 15.1 Å². The van der Waals surface area contributed by atoms with E-state index in [1.807, 2.05) is 6.20 Å². The van der Waals surface area contributed by atoms with Crippen LogP contribution >= 0.6 is 0 Å². The lowest BCUT2D eigenvalue weighted by molar-refractivity contribution is -0.125. The molecule has 0 radical (unpaired) electrons. The maximum atomic E-state index is 12.1. The van der Waals surface area contributed by atoms with Crippen LogP contribution < -0.4 is 5.32 Å². The number of carbonyl (C=O) groups is 1. The highest BCUT2D eigenvalue weighted by atomic mass is 16.1. The number of hydrogen-bond donors (Lipinski definition) is 1. The summed E-state index contributed by atoms with van der Waals surface area (Å²) in [7, 11) is 0. The first-order valence-corrected chi connectivity index (χ1v) is 7.31. The van der Waals surface area contributed by atoms with Crippen molar-refractivity contribution in [1.29, 1.82) is 0 Å². The summed E-state index contributed by atoms with van der Waals surface area (Å²) in [4.78, 5) is 12.1. The molecule has 1 N–H and O–H groups in total. The Bertz CT molecular complexity index is 490. The molecule has 0 saturated heterocycles.